The number of halogens is 1. The van der Waals surface area contributed by atoms with Crippen LogP contribution in [0.2, 0.25) is 0 Å². The zero-order chi connectivity index (χ0) is 12.3. The maximum absolute atomic E-state index is 11.6. The second-order valence-electron chi connectivity index (χ2n) is 3.50. The molecule has 0 aromatic carbocycles. The third-order valence-corrected chi connectivity index (χ3v) is 3.22. The van der Waals surface area contributed by atoms with Gasteiger partial charge in [-0.2, -0.15) is 0 Å². The molecule has 0 aromatic heterocycles. The van der Waals surface area contributed by atoms with Crippen molar-refractivity contribution in [3.63, 3.8) is 0 Å². The molecule has 0 aromatic rings. The highest BCUT2D eigenvalue weighted by Crippen LogP contribution is 2.51. The molecule has 0 spiro atoms. The molecule has 0 aliphatic carbocycles. The van der Waals surface area contributed by atoms with Gasteiger partial charge in [-0.1, -0.05) is 6.58 Å². The molecule has 1 atom stereocenters. The molecule has 1 unspecified atom stereocenters. The van der Waals surface area contributed by atoms with Crippen LogP contribution in [-0.2, 0) is 18.6 Å². The summed E-state index contributed by atoms with van der Waals surface area (Å²) < 4.78 is 20.9. The van der Waals surface area contributed by atoms with Crippen LogP contribution in [0.25, 0.3) is 0 Å². The molecule has 0 radical (unpaired) electrons. The number of allylic oxidation sites excluding steroid dienone is 1. The highest BCUT2D eigenvalue weighted by molar-refractivity contribution is 7.83. The summed E-state index contributed by atoms with van der Waals surface area (Å²) in [5.41, 5.74) is -1.19. The van der Waals surface area contributed by atoms with Crippen LogP contribution in [0, 0.1) is 0 Å². The standard InChI is InChI=1S/C8H15ClNO4P/c1-6(2)14-15(9,12)10-8(3,4)7(11)13-5/h1H2,2-5H3,(H,10,12). The highest BCUT2D eigenvalue weighted by atomic mass is 35.7. The Morgan fingerprint density at radius 1 is 1.53 bits per heavy atom. The number of hydrogen-bond donors (Lipinski definition) is 1. The van der Waals surface area contributed by atoms with Crippen molar-refractivity contribution in [2.24, 2.45) is 0 Å². The van der Waals surface area contributed by atoms with Crippen LogP contribution in [0.1, 0.15) is 20.8 Å². The number of nitrogens with one attached hydrogen (secondary N) is 1. The van der Waals surface area contributed by atoms with Crippen molar-refractivity contribution in [1.82, 2.24) is 5.09 Å². The van der Waals surface area contributed by atoms with E-state index in [4.69, 9.17) is 15.8 Å². The topological polar surface area (TPSA) is 64.6 Å². The first-order valence-electron chi connectivity index (χ1n) is 4.13. The molecule has 0 fully saturated rings. The summed E-state index contributed by atoms with van der Waals surface area (Å²) in [6, 6.07) is 0. The van der Waals surface area contributed by atoms with Gasteiger partial charge < -0.3 is 9.26 Å². The van der Waals surface area contributed by atoms with Crippen LogP contribution in [0.4, 0.5) is 0 Å². The predicted octanol–water partition coefficient (Wildman–Crippen LogP) is 2.42. The number of ether oxygens (including phenoxy) is 1. The number of rotatable bonds is 5. The molecule has 0 saturated carbocycles. The Hall–Kier alpha value is -0.510. The minimum Gasteiger partial charge on any atom is -0.468 e. The second-order valence-corrected chi connectivity index (χ2v) is 6.20. The Labute approximate surface area is 94.1 Å². The third kappa shape index (κ3) is 5.21. The van der Waals surface area contributed by atoms with Crippen LogP contribution < -0.4 is 5.09 Å². The third-order valence-electron chi connectivity index (χ3n) is 1.38. The van der Waals surface area contributed by atoms with Crippen LogP contribution in [0.15, 0.2) is 12.3 Å². The summed E-state index contributed by atoms with van der Waals surface area (Å²) >= 11 is 5.57. The Bertz CT molecular complexity index is 316. The lowest BCUT2D eigenvalue weighted by Crippen LogP contribution is -2.45. The number of carbonyl (C=O) groups is 1. The van der Waals surface area contributed by atoms with E-state index in [9.17, 15) is 9.36 Å². The van der Waals surface area contributed by atoms with Gasteiger partial charge in [-0.15, -0.1) is 0 Å². The van der Waals surface area contributed by atoms with Crippen LogP contribution >= 0.6 is 18.1 Å². The highest BCUT2D eigenvalue weighted by Gasteiger charge is 2.37. The number of hydrogen-bond acceptors (Lipinski definition) is 4. The van der Waals surface area contributed by atoms with Crippen molar-refractivity contribution >= 4 is 24.1 Å². The molecule has 0 aliphatic rings. The fraction of sp³-hybridized carbons (Fsp3) is 0.625. The average molecular weight is 256 g/mol. The quantitative estimate of drug-likeness (QED) is 0.464. The van der Waals surface area contributed by atoms with Crippen LogP contribution in [0.3, 0.4) is 0 Å². The Morgan fingerprint density at radius 3 is 2.33 bits per heavy atom. The van der Waals surface area contributed by atoms with E-state index in [1.807, 2.05) is 0 Å². The molecule has 15 heavy (non-hydrogen) atoms. The summed E-state index contributed by atoms with van der Waals surface area (Å²) in [4.78, 5) is 11.3. The maximum Gasteiger partial charge on any atom is 0.409 e. The molecule has 0 heterocycles. The fourth-order valence-electron chi connectivity index (χ4n) is 0.858. The molecule has 0 rings (SSSR count). The Balaban J connectivity index is 4.64. The van der Waals surface area contributed by atoms with Gasteiger partial charge in [0.2, 0.25) is 0 Å². The van der Waals surface area contributed by atoms with Crippen molar-refractivity contribution in [1.29, 1.82) is 0 Å². The summed E-state index contributed by atoms with van der Waals surface area (Å²) in [6.45, 7) is 4.25. The second kappa shape index (κ2) is 5.01. The molecule has 0 saturated heterocycles. The van der Waals surface area contributed by atoms with Gasteiger partial charge in [0.1, 0.15) is 5.54 Å². The lowest BCUT2D eigenvalue weighted by atomic mass is 10.1. The average Bonchev–Trinajstić information content (AvgIpc) is 1.97. The van der Waals surface area contributed by atoms with Crippen LogP contribution in [0.5, 0.6) is 0 Å². The van der Waals surface area contributed by atoms with Crippen molar-refractivity contribution < 1.29 is 18.6 Å². The molecule has 7 heteroatoms. The summed E-state index contributed by atoms with van der Waals surface area (Å²) in [5.74, 6) is -0.393. The van der Waals surface area contributed by atoms with Gasteiger partial charge in [0, 0.05) is 11.2 Å². The van der Waals surface area contributed by atoms with Gasteiger partial charge in [-0.25, -0.2) is 9.65 Å². The monoisotopic (exact) mass is 255 g/mol. The van der Waals surface area contributed by atoms with E-state index in [1.54, 1.807) is 0 Å². The van der Waals surface area contributed by atoms with Crippen molar-refractivity contribution in [2.75, 3.05) is 7.11 Å². The van der Waals surface area contributed by atoms with E-state index in [-0.39, 0.29) is 5.76 Å². The number of carbonyl (C=O) groups excluding carboxylic acids is 1. The van der Waals surface area contributed by atoms with E-state index in [0.717, 1.165) is 0 Å². The fourth-order valence-corrected chi connectivity index (χ4v) is 3.05. The lowest BCUT2D eigenvalue weighted by molar-refractivity contribution is -0.146. The predicted molar refractivity (Wildman–Crippen MR) is 58.6 cm³/mol. The first kappa shape index (κ1) is 14.5. The SMILES string of the molecule is C=C(C)OP(=O)(Cl)NC(C)(C)C(=O)OC. The zero-order valence-corrected chi connectivity index (χ0v) is 10.8. The molecular weight excluding hydrogens is 241 g/mol. The normalized spacial score (nSPS) is 15.3. The summed E-state index contributed by atoms with van der Waals surface area (Å²) in [5, 5.41) is 2.38. The van der Waals surface area contributed by atoms with Gasteiger partial charge in [0.05, 0.1) is 12.9 Å². The maximum atomic E-state index is 11.6. The minimum atomic E-state index is -3.62. The van der Waals surface area contributed by atoms with Gasteiger partial charge in [-0.3, -0.25) is 4.79 Å². The smallest absolute Gasteiger partial charge is 0.409 e. The minimum absolute atomic E-state index is 0.196. The van der Waals surface area contributed by atoms with E-state index in [2.05, 4.69) is 16.4 Å². The van der Waals surface area contributed by atoms with Gasteiger partial charge >= 0.3 is 12.8 Å². The largest absolute Gasteiger partial charge is 0.468 e. The lowest BCUT2D eigenvalue weighted by Gasteiger charge is -2.25. The van der Waals surface area contributed by atoms with Crippen molar-refractivity contribution in [3.05, 3.63) is 12.3 Å². The van der Waals surface area contributed by atoms with Crippen molar-refractivity contribution in [2.45, 2.75) is 26.3 Å². The molecule has 88 valence electrons. The molecule has 1 N–H and O–H groups in total. The molecule has 0 aliphatic heterocycles. The molecular formula is C8H15ClNO4P. The summed E-state index contributed by atoms with van der Waals surface area (Å²) in [7, 11) is 1.23. The Morgan fingerprint density at radius 2 is 2.00 bits per heavy atom. The summed E-state index contributed by atoms with van der Waals surface area (Å²) in [6.07, 6.45) is 0. The van der Waals surface area contributed by atoms with Gasteiger partial charge in [0.15, 0.2) is 0 Å². The molecule has 0 amide bonds. The number of esters is 1. The first-order valence-corrected chi connectivity index (χ1v) is 6.66. The van der Waals surface area contributed by atoms with E-state index in [1.165, 1.54) is 27.9 Å². The van der Waals surface area contributed by atoms with E-state index < -0.39 is 18.4 Å². The van der Waals surface area contributed by atoms with Crippen molar-refractivity contribution in [3.8, 4) is 0 Å². The molecule has 5 nitrogen and oxygen atoms in total. The van der Waals surface area contributed by atoms with Crippen LogP contribution in [-0.4, -0.2) is 18.6 Å². The number of methoxy groups -OCH3 is 1. The van der Waals surface area contributed by atoms with Gasteiger partial charge in [0.25, 0.3) is 0 Å². The van der Waals surface area contributed by atoms with E-state index >= 15 is 0 Å². The Kier molecular flexibility index (Phi) is 4.84. The van der Waals surface area contributed by atoms with E-state index in [0.29, 0.717) is 0 Å². The molecule has 0 bridgehead atoms. The zero-order valence-electron chi connectivity index (χ0n) is 9.17. The first-order chi connectivity index (χ1) is 6.60. The van der Waals surface area contributed by atoms with Gasteiger partial charge in [-0.05, 0) is 20.8 Å².